The number of hydrogen-bond acceptors (Lipinski definition) is 6. The maximum atomic E-state index is 13.0. The summed E-state index contributed by atoms with van der Waals surface area (Å²) in [6.45, 7) is 2.36. The standard InChI is InChI=1S/C27H31ClN4O3S2.ClH/c1-32(2,14-6-12-29)13-5-9-20-16-37-27-23(26(35)31(27)24(20)25(28)34)30-22(33)17-36-21-11-10-18-7-3-4-8-19(18)15-21;/h3-5,7-11,15,23,27H,6,12-14,16-17,29H2,1-2H3;1H/p+1. The summed E-state index contributed by atoms with van der Waals surface area (Å²) in [5, 5.41) is 4.11. The zero-order valence-corrected chi connectivity index (χ0v) is 24.6. The van der Waals surface area contributed by atoms with E-state index in [0.29, 0.717) is 12.3 Å². The van der Waals surface area contributed by atoms with Crippen molar-refractivity contribution < 1.29 is 18.9 Å². The molecule has 0 saturated carbocycles. The quantitative estimate of drug-likeness (QED) is 0.178. The van der Waals surface area contributed by atoms with Crippen molar-refractivity contribution in [2.24, 2.45) is 5.73 Å². The summed E-state index contributed by atoms with van der Waals surface area (Å²) in [6, 6.07) is 13.5. The van der Waals surface area contributed by atoms with E-state index in [2.05, 4.69) is 25.5 Å². The number of fused-ring (bicyclic) bond motifs is 2. The summed E-state index contributed by atoms with van der Waals surface area (Å²) in [5.74, 6) is 0.202. The molecule has 11 heteroatoms. The van der Waals surface area contributed by atoms with Crippen molar-refractivity contribution in [2.75, 3.05) is 45.2 Å². The molecule has 2 aliphatic rings. The summed E-state index contributed by atoms with van der Waals surface area (Å²) < 4.78 is 0.773. The van der Waals surface area contributed by atoms with Crippen LogP contribution in [0.2, 0.25) is 0 Å². The Labute approximate surface area is 243 Å². The monoisotopic (exact) mass is 595 g/mol. The molecule has 0 aromatic heterocycles. The van der Waals surface area contributed by atoms with Crippen LogP contribution in [0.4, 0.5) is 0 Å². The van der Waals surface area contributed by atoms with Crippen LogP contribution in [0.1, 0.15) is 6.42 Å². The number of rotatable bonds is 11. The Balaban J connectivity index is 0.00000400. The van der Waals surface area contributed by atoms with Gasteiger partial charge in [0.2, 0.25) is 5.91 Å². The van der Waals surface area contributed by atoms with E-state index < -0.39 is 11.3 Å². The lowest BCUT2D eigenvalue weighted by Crippen LogP contribution is -2.70. The zero-order chi connectivity index (χ0) is 26.6. The van der Waals surface area contributed by atoms with E-state index in [9.17, 15) is 14.4 Å². The Morgan fingerprint density at radius 2 is 1.97 bits per heavy atom. The number of allylic oxidation sites excluding steroid dienone is 2. The van der Waals surface area contributed by atoms with Gasteiger partial charge in [0.15, 0.2) is 0 Å². The van der Waals surface area contributed by atoms with Gasteiger partial charge in [-0.1, -0.05) is 36.4 Å². The number of nitrogens with two attached hydrogens (primary N) is 1. The molecule has 4 rings (SSSR count). The topological polar surface area (TPSA) is 92.5 Å². The maximum Gasteiger partial charge on any atom is 0.269 e. The molecular weight excluding hydrogens is 563 g/mol. The SMILES string of the molecule is C[N+](C)(CC=CC1=C(C(=O)Cl)N2C(=O)C(NC(=O)CSc3ccc4ccccc4c3)C2SC1)CCCN.Cl. The third kappa shape index (κ3) is 7.14. The number of nitrogens with one attached hydrogen (secondary N) is 1. The van der Waals surface area contributed by atoms with E-state index in [-0.39, 0.29) is 41.0 Å². The number of benzene rings is 2. The third-order valence-electron chi connectivity index (χ3n) is 6.48. The number of carbonyl (C=O) groups excluding carboxylic acids is 3. The van der Waals surface area contributed by atoms with Gasteiger partial charge in [-0.25, -0.2) is 0 Å². The lowest BCUT2D eigenvalue weighted by Gasteiger charge is -2.49. The van der Waals surface area contributed by atoms with Gasteiger partial charge in [-0.3, -0.25) is 19.3 Å². The Morgan fingerprint density at radius 3 is 2.68 bits per heavy atom. The molecule has 2 amide bonds. The number of β-lactam (4-membered cyclic amide) rings is 1. The molecule has 204 valence electrons. The predicted molar refractivity (Wildman–Crippen MR) is 159 cm³/mol. The van der Waals surface area contributed by atoms with E-state index >= 15 is 0 Å². The lowest BCUT2D eigenvalue weighted by molar-refractivity contribution is -0.884. The number of carbonyl (C=O) groups is 3. The minimum absolute atomic E-state index is 0. The Bertz CT molecular complexity index is 1270. The van der Waals surface area contributed by atoms with E-state index in [4.69, 9.17) is 17.3 Å². The molecular formula is C27H33Cl2N4O3S2+. The number of likely N-dealkylation sites (N-methyl/N-ethyl adjacent to an activating group) is 1. The molecule has 38 heavy (non-hydrogen) atoms. The fourth-order valence-corrected chi connectivity index (χ4v) is 6.75. The normalized spacial score (nSPS) is 19.3. The molecule has 2 aromatic carbocycles. The first-order valence-corrected chi connectivity index (χ1v) is 14.6. The van der Waals surface area contributed by atoms with Crippen molar-refractivity contribution in [3.8, 4) is 0 Å². The van der Waals surface area contributed by atoms with Gasteiger partial charge in [0.05, 0.1) is 32.9 Å². The van der Waals surface area contributed by atoms with Crippen molar-refractivity contribution in [1.82, 2.24) is 10.2 Å². The van der Waals surface area contributed by atoms with Gasteiger partial charge in [0.25, 0.3) is 11.1 Å². The zero-order valence-electron chi connectivity index (χ0n) is 21.4. The average molecular weight is 597 g/mol. The van der Waals surface area contributed by atoms with Crippen LogP contribution in [0.3, 0.4) is 0 Å². The molecule has 0 spiro atoms. The molecule has 0 radical (unpaired) electrons. The van der Waals surface area contributed by atoms with Gasteiger partial charge in [0, 0.05) is 17.1 Å². The van der Waals surface area contributed by atoms with Gasteiger partial charge in [0.1, 0.15) is 17.1 Å². The molecule has 2 heterocycles. The molecule has 1 fully saturated rings. The van der Waals surface area contributed by atoms with E-state index in [1.807, 2.05) is 48.6 Å². The first kappa shape index (κ1) is 30.5. The number of quaternary nitrogens is 1. The highest BCUT2D eigenvalue weighted by Gasteiger charge is 2.53. The predicted octanol–water partition coefficient (Wildman–Crippen LogP) is 3.75. The van der Waals surface area contributed by atoms with Crippen molar-refractivity contribution in [2.45, 2.75) is 22.7 Å². The Hall–Kier alpha value is -2.01. The van der Waals surface area contributed by atoms with Gasteiger partial charge in [-0.2, -0.15) is 0 Å². The van der Waals surface area contributed by atoms with Gasteiger partial charge in [-0.15, -0.1) is 35.9 Å². The van der Waals surface area contributed by atoms with Crippen molar-refractivity contribution in [1.29, 1.82) is 0 Å². The molecule has 2 aliphatic heterocycles. The molecule has 2 aromatic rings. The lowest BCUT2D eigenvalue weighted by atomic mass is 10.0. The van der Waals surface area contributed by atoms with Gasteiger partial charge >= 0.3 is 0 Å². The van der Waals surface area contributed by atoms with Crippen LogP contribution in [-0.4, -0.2) is 83.1 Å². The number of hydrogen-bond donors (Lipinski definition) is 2. The largest absolute Gasteiger partial charge is 0.341 e. The summed E-state index contributed by atoms with van der Waals surface area (Å²) in [4.78, 5) is 40.3. The number of nitrogens with zero attached hydrogens (tertiary/aromatic N) is 2. The van der Waals surface area contributed by atoms with E-state index in [1.54, 1.807) is 0 Å². The van der Waals surface area contributed by atoms with Crippen LogP contribution in [0.15, 0.2) is 70.8 Å². The van der Waals surface area contributed by atoms with Crippen LogP contribution in [0.25, 0.3) is 10.8 Å². The molecule has 0 bridgehead atoms. The van der Waals surface area contributed by atoms with Crippen LogP contribution in [-0.2, 0) is 14.4 Å². The summed E-state index contributed by atoms with van der Waals surface area (Å²) in [5.41, 5.74) is 6.57. The fraction of sp³-hybridized carbons (Fsp3) is 0.370. The highest BCUT2D eigenvalue weighted by molar-refractivity contribution is 8.00. The summed E-state index contributed by atoms with van der Waals surface area (Å²) >= 11 is 8.87. The third-order valence-corrected chi connectivity index (χ3v) is 8.95. The van der Waals surface area contributed by atoms with E-state index in [0.717, 1.165) is 45.2 Å². The smallest absolute Gasteiger partial charge is 0.269 e. The minimum atomic E-state index is -0.668. The Kier molecular flexibility index (Phi) is 10.7. The highest BCUT2D eigenvalue weighted by Crippen LogP contribution is 2.41. The first-order chi connectivity index (χ1) is 17.7. The second-order valence-electron chi connectivity index (χ2n) is 9.79. The van der Waals surface area contributed by atoms with Crippen LogP contribution >= 0.6 is 47.5 Å². The van der Waals surface area contributed by atoms with Crippen molar-refractivity contribution in [3.05, 3.63) is 65.9 Å². The van der Waals surface area contributed by atoms with Gasteiger partial charge in [-0.05, 0) is 52.7 Å². The number of amides is 2. The number of thioether (sulfide) groups is 2. The average Bonchev–Trinajstić information content (AvgIpc) is 2.88. The van der Waals surface area contributed by atoms with Crippen molar-refractivity contribution >= 4 is 75.4 Å². The molecule has 0 aliphatic carbocycles. The highest BCUT2D eigenvalue weighted by atomic mass is 35.5. The minimum Gasteiger partial charge on any atom is -0.341 e. The Morgan fingerprint density at radius 1 is 1.24 bits per heavy atom. The second kappa shape index (κ2) is 13.4. The summed E-state index contributed by atoms with van der Waals surface area (Å²) in [6.07, 6.45) is 4.84. The molecule has 1 saturated heterocycles. The molecule has 7 nitrogen and oxygen atoms in total. The fourth-order valence-electron chi connectivity index (χ4n) is 4.46. The van der Waals surface area contributed by atoms with Crippen LogP contribution in [0.5, 0.6) is 0 Å². The van der Waals surface area contributed by atoms with Crippen molar-refractivity contribution in [3.63, 3.8) is 0 Å². The van der Waals surface area contributed by atoms with E-state index in [1.165, 1.54) is 28.4 Å². The van der Waals surface area contributed by atoms with Gasteiger partial charge < -0.3 is 15.5 Å². The second-order valence-corrected chi connectivity index (χ2v) is 12.3. The molecule has 3 N–H and O–H groups in total. The first-order valence-electron chi connectivity index (χ1n) is 12.2. The maximum absolute atomic E-state index is 13.0. The molecule has 2 atom stereocenters. The van der Waals surface area contributed by atoms with Crippen LogP contribution < -0.4 is 11.1 Å². The summed E-state index contributed by atoms with van der Waals surface area (Å²) in [7, 11) is 4.25. The number of halogens is 2. The molecule has 2 unspecified atom stereocenters. The van der Waals surface area contributed by atoms with Crippen LogP contribution in [0, 0.1) is 0 Å².